The van der Waals surface area contributed by atoms with Crippen LogP contribution in [0.2, 0.25) is 0 Å². The Morgan fingerprint density at radius 3 is 2.72 bits per heavy atom. The normalized spacial score (nSPS) is 18.1. The average molecular weight is 245 g/mol. The first-order valence-corrected chi connectivity index (χ1v) is 7.50. The van der Waals surface area contributed by atoms with Crippen molar-refractivity contribution in [1.29, 1.82) is 0 Å². The monoisotopic (exact) mass is 245 g/mol. The lowest BCUT2D eigenvalue weighted by molar-refractivity contribution is 0.388. The van der Waals surface area contributed by atoms with Crippen LogP contribution in [0, 0.1) is 12.8 Å². The molecule has 1 aliphatic rings. The van der Waals surface area contributed by atoms with Gasteiger partial charge < -0.3 is 5.32 Å². The lowest BCUT2D eigenvalue weighted by Gasteiger charge is -2.20. The molecule has 18 heavy (non-hydrogen) atoms. The molecule has 1 saturated carbocycles. The van der Waals surface area contributed by atoms with Crippen molar-refractivity contribution >= 4 is 0 Å². The molecule has 0 bridgehead atoms. The second kappa shape index (κ2) is 6.94. The van der Waals surface area contributed by atoms with E-state index in [9.17, 15) is 0 Å². The fraction of sp³-hybridized carbons (Fsp3) is 0.647. The molecule has 1 aromatic carbocycles. The van der Waals surface area contributed by atoms with Crippen molar-refractivity contribution in [1.82, 2.24) is 5.32 Å². The molecule has 0 saturated heterocycles. The molecule has 0 heterocycles. The van der Waals surface area contributed by atoms with Crippen LogP contribution in [0.4, 0.5) is 0 Å². The number of hydrogen-bond acceptors (Lipinski definition) is 1. The second-order valence-electron chi connectivity index (χ2n) is 5.90. The molecule has 0 amide bonds. The van der Waals surface area contributed by atoms with Gasteiger partial charge in [0.1, 0.15) is 0 Å². The minimum Gasteiger partial charge on any atom is -0.317 e. The number of rotatable bonds is 6. The molecule has 1 unspecified atom stereocenters. The molecule has 0 aromatic heterocycles. The smallest absolute Gasteiger partial charge is 0.00698 e. The van der Waals surface area contributed by atoms with Crippen molar-refractivity contribution in [2.24, 2.45) is 5.92 Å². The SMILES string of the molecule is CNC(CCc1cccc(C)c1)CC1CCCC1. The van der Waals surface area contributed by atoms with Gasteiger partial charge in [0, 0.05) is 6.04 Å². The Hall–Kier alpha value is -0.820. The van der Waals surface area contributed by atoms with Gasteiger partial charge in [-0.15, -0.1) is 0 Å². The van der Waals surface area contributed by atoms with Gasteiger partial charge in [0.05, 0.1) is 0 Å². The van der Waals surface area contributed by atoms with Crippen LogP contribution in [0.1, 0.15) is 49.7 Å². The van der Waals surface area contributed by atoms with E-state index in [0.717, 1.165) is 5.92 Å². The summed E-state index contributed by atoms with van der Waals surface area (Å²) in [4.78, 5) is 0. The molecular weight excluding hydrogens is 218 g/mol. The highest BCUT2D eigenvalue weighted by atomic mass is 14.9. The Morgan fingerprint density at radius 1 is 1.28 bits per heavy atom. The van der Waals surface area contributed by atoms with Gasteiger partial charge in [0.15, 0.2) is 0 Å². The Kier molecular flexibility index (Phi) is 5.25. The predicted octanol–water partition coefficient (Wildman–Crippen LogP) is 4.10. The van der Waals surface area contributed by atoms with Crippen molar-refractivity contribution in [2.75, 3.05) is 7.05 Å². The predicted molar refractivity (Wildman–Crippen MR) is 78.9 cm³/mol. The summed E-state index contributed by atoms with van der Waals surface area (Å²) in [6, 6.07) is 9.64. The Morgan fingerprint density at radius 2 is 2.06 bits per heavy atom. The maximum Gasteiger partial charge on any atom is 0.00698 e. The van der Waals surface area contributed by atoms with E-state index in [0.29, 0.717) is 6.04 Å². The van der Waals surface area contributed by atoms with Gasteiger partial charge in [-0.1, -0.05) is 55.5 Å². The molecule has 2 rings (SSSR count). The van der Waals surface area contributed by atoms with E-state index in [2.05, 4.69) is 43.6 Å². The van der Waals surface area contributed by atoms with E-state index in [1.807, 2.05) is 0 Å². The van der Waals surface area contributed by atoms with Gasteiger partial charge in [-0.3, -0.25) is 0 Å². The Labute approximate surface area is 112 Å². The van der Waals surface area contributed by atoms with Gasteiger partial charge >= 0.3 is 0 Å². The van der Waals surface area contributed by atoms with Crippen molar-refractivity contribution in [3.8, 4) is 0 Å². The summed E-state index contributed by atoms with van der Waals surface area (Å²) < 4.78 is 0. The molecule has 1 heteroatoms. The summed E-state index contributed by atoms with van der Waals surface area (Å²) >= 11 is 0. The summed E-state index contributed by atoms with van der Waals surface area (Å²) in [6.45, 7) is 2.18. The number of hydrogen-bond donors (Lipinski definition) is 1. The second-order valence-corrected chi connectivity index (χ2v) is 5.90. The molecule has 0 aliphatic heterocycles. The first-order chi connectivity index (χ1) is 8.78. The van der Waals surface area contributed by atoms with Gasteiger partial charge in [0.25, 0.3) is 0 Å². The first-order valence-electron chi connectivity index (χ1n) is 7.50. The molecule has 100 valence electrons. The molecule has 0 radical (unpaired) electrons. The highest BCUT2D eigenvalue weighted by Crippen LogP contribution is 2.29. The van der Waals surface area contributed by atoms with Gasteiger partial charge in [-0.25, -0.2) is 0 Å². The van der Waals surface area contributed by atoms with Gasteiger partial charge in [-0.2, -0.15) is 0 Å². The van der Waals surface area contributed by atoms with Crippen LogP contribution >= 0.6 is 0 Å². The van der Waals surface area contributed by atoms with Crippen molar-refractivity contribution in [3.05, 3.63) is 35.4 Å². The highest BCUT2D eigenvalue weighted by molar-refractivity contribution is 5.22. The van der Waals surface area contributed by atoms with E-state index in [-0.39, 0.29) is 0 Å². The van der Waals surface area contributed by atoms with Gasteiger partial charge in [-0.05, 0) is 44.7 Å². The van der Waals surface area contributed by atoms with Crippen LogP contribution < -0.4 is 5.32 Å². The van der Waals surface area contributed by atoms with Crippen LogP contribution in [0.3, 0.4) is 0 Å². The largest absolute Gasteiger partial charge is 0.317 e. The zero-order chi connectivity index (χ0) is 12.8. The summed E-state index contributed by atoms with van der Waals surface area (Å²) in [6.07, 6.45) is 9.70. The minimum absolute atomic E-state index is 0.702. The molecule has 1 N–H and O–H groups in total. The first kappa shape index (κ1) is 13.6. The summed E-state index contributed by atoms with van der Waals surface area (Å²) in [5, 5.41) is 3.51. The number of benzene rings is 1. The van der Waals surface area contributed by atoms with Crippen molar-refractivity contribution in [2.45, 2.75) is 57.9 Å². The molecule has 1 atom stereocenters. The fourth-order valence-corrected chi connectivity index (χ4v) is 3.24. The zero-order valence-corrected chi connectivity index (χ0v) is 11.9. The van der Waals surface area contributed by atoms with Crippen molar-refractivity contribution in [3.63, 3.8) is 0 Å². The lowest BCUT2D eigenvalue weighted by atomic mass is 9.94. The summed E-state index contributed by atoms with van der Waals surface area (Å²) in [5.74, 6) is 0.986. The maximum atomic E-state index is 3.51. The van der Waals surface area contributed by atoms with E-state index >= 15 is 0 Å². The van der Waals surface area contributed by atoms with E-state index in [4.69, 9.17) is 0 Å². The quantitative estimate of drug-likeness (QED) is 0.796. The van der Waals surface area contributed by atoms with Crippen LogP contribution in [0.25, 0.3) is 0 Å². The standard InChI is InChI=1S/C17H27N/c1-14-6-5-9-16(12-14)10-11-17(18-2)13-15-7-3-4-8-15/h5-6,9,12,15,17-18H,3-4,7-8,10-11,13H2,1-2H3. The minimum atomic E-state index is 0.702. The van der Waals surface area contributed by atoms with Gasteiger partial charge in [0.2, 0.25) is 0 Å². The fourth-order valence-electron chi connectivity index (χ4n) is 3.24. The Balaban J connectivity index is 1.79. The molecule has 1 fully saturated rings. The maximum absolute atomic E-state index is 3.51. The van der Waals surface area contributed by atoms with Crippen LogP contribution in [0.5, 0.6) is 0 Å². The lowest BCUT2D eigenvalue weighted by Crippen LogP contribution is -2.28. The molecule has 1 aliphatic carbocycles. The van der Waals surface area contributed by atoms with E-state index in [1.165, 1.54) is 56.1 Å². The summed E-state index contributed by atoms with van der Waals surface area (Å²) in [5.41, 5.74) is 2.87. The Bertz CT molecular complexity index is 352. The molecule has 1 nitrogen and oxygen atoms in total. The topological polar surface area (TPSA) is 12.0 Å². The van der Waals surface area contributed by atoms with Crippen LogP contribution in [0.15, 0.2) is 24.3 Å². The average Bonchev–Trinajstić information content (AvgIpc) is 2.87. The van der Waals surface area contributed by atoms with Crippen LogP contribution in [-0.4, -0.2) is 13.1 Å². The number of nitrogens with one attached hydrogen (secondary N) is 1. The van der Waals surface area contributed by atoms with E-state index in [1.54, 1.807) is 0 Å². The zero-order valence-electron chi connectivity index (χ0n) is 11.9. The summed E-state index contributed by atoms with van der Waals surface area (Å²) in [7, 11) is 2.12. The third-order valence-corrected chi connectivity index (χ3v) is 4.36. The van der Waals surface area contributed by atoms with E-state index < -0.39 is 0 Å². The molecule has 1 aromatic rings. The number of aryl methyl sites for hydroxylation is 2. The molecular formula is C17H27N. The third-order valence-electron chi connectivity index (χ3n) is 4.36. The van der Waals surface area contributed by atoms with Crippen LogP contribution in [-0.2, 0) is 6.42 Å². The highest BCUT2D eigenvalue weighted by Gasteiger charge is 2.19. The third kappa shape index (κ3) is 4.13. The van der Waals surface area contributed by atoms with Crippen molar-refractivity contribution < 1.29 is 0 Å². The molecule has 0 spiro atoms.